The number of pyridine rings is 1. The highest BCUT2D eigenvalue weighted by Crippen LogP contribution is 2.08. The van der Waals surface area contributed by atoms with Crippen LogP contribution in [0.4, 0.5) is 4.79 Å². The molecule has 0 radical (unpaired) electrons. The Balaban J connectivity index is 0.00000625. The lowest BCUT2D eigenvalue weighted by Crippen LogP contribution is -2.57. The van der Waals surface area contributed by atoms with Crippen molar-refractivity contribution >= 4 is 29.6 Å². The van der Waals surface area contributed by atoms with Gasteiger partial charge in [-0.25, -0.2) is 4.79 Å². The number of carbonyl (C=O) groups excluding carboxylic acids is 5. The van der Waals surface area contributed by atoms with Gasteiger partial charge in [-0.15, -0.1) is 0 Å². The average molecular weight is 644 g/mol. The predicted molar refractivity (Wildman–Crippen MR) is 183 cm³/mol. The second-order valence-corrected chi connectivity index (χ2v) is 10.8. The Morgan fingerprint density at radius 1 is 0.660 bits per heavy atom. The number of hydrogen-bond donors (Lipinski definition) is 4. The van der Waals surface area contributed by atoms with Crippen molar-refractivity contribution < 1.29 is 34.4 Å². The van der Waals surface area contributed by atoms with E-state index in [0.29, 0.717) is 5.69 Å². The largest absolute Gasteiger partial charge is 0.445 e. The summed E-state index contributed by atoms with van der Waals surface area (Å²) >= 11 is 0. The maximum Gasteiger partial charge on any atom is 0.408 e. The van der Waals surface area contributed by atoms with E-state index in [-0.39, 0.29) is 31.7 Å². The van der Waals surface area contributed by atoms with Crippen LogP contribution in [0, 0.1) is 0 Å². The molecule has 0 bridgehead atoms. The highest BCUT2D eigenvalue weighted by molar-refractivity contribution is 6.38. The van der Waals surface area contributed by atoms with E-state index >= 15 is 0 Å². The Morgan fingerprint density at radius 3 is 1.85 bits per heavy atom. The lowest BCUT2D eigenvalue weighted by atomic mass is 10.0. The van der Waals surface area contributed by atoms with Gasteiger partial charge in [-0.2, -0.15) is 0 Å². The van der Waals surface area contributed by atoms with Crippen molar-refractivity contribution in [1.82, 2.24) is 26.3 Å². The summed E-state index contributed by atoms with van der Waals surface area (Å²) in [5.41, 5.74) is 2.81. The number of aromatic nitrogens is 1. The fourth-order valence-electron chi connectivity index (χ4n) is 4.60. The van der Waals surface area contributed by atoms with Gasteiger partial charge in [-0.1, -0.05) is 97.1 Å². The molecule has 1 aromatic heterocycles. The summed E-state index contributed by atoms with van der Waals surface area (Å²) in [6.45, 7) is 1.60. The number of nitrogens with one attached hydrogen (secondary N) is 4. The van der Waals surface area contributed by atoms with Crippen LogP contribution in [0.15, 0.2) is 115 Å². The van der Waals surface area contributed by atoms with Crippen molar-refractivity contribution in [2.75, 3.05) is 0 Å². The van der Waals surface area contributed by atoms with Crippen molar-refractivity contribution in [3.8, 4) is 0 Å². The second kappa shape index (κ2) is 17.6. The van der Waals surface area contributed by atoms with Crippen molar-refractivity contribution in [1.29, 1.82) is 0 Å². The molecule has 3 atom stereocenters. The predicted octanol–water partition coefficient (Wildman–Crippen LogP) is 4.02. The molecule has 0 aliphatic heterocycles. The maximum absolute atomic E-state index is 13.7. The zero-order valence-electron chi connectivity index (χ0n) is 25.9. The van der Waals surface area contributed by atoms with Gasteiger partial charge >= 0.3 is 6.09 Å². The summed E-state index contributed by atoms with van der Waals surface area (Å²) in [6, 6.07) is 28.8. The summed E-state index contributed by atoms with van der Waals surface area (Å²) in [6.07, 6.45) is 0.769. The molecule has 0 aliphatic rings. The van der Waals surface area contributed by atoms with Gasteiger partial charge in [0.05, 0.1) is 0 Å². The van der Waals surface area contributed by atoms with Gasteiger partial charge < -0.3 is 26.0 Å². The van der Waals surface area contributed by atoms with Crippen LogP contribution in [-0.4, -0.2) is 52.7 Å². The van der Waals surface area contributed by atoms with Gasteiger partial charge in [0, 0.05) is 37.0 Å². The molecule has 0 saturated heterocycles. The van der Waals surface area contributed by atoms with E-state index in [0.717, 1.165) is 16.7 Å². The van der Waals surface area contributed by atoms with Gasteiger partial charge in [0.15, 0.2) is 0 Å². The zero-order valence-corrected chi connectivity index (χ0v) is 25.9. The molecule has 0 aliphatic carbocycles. The van der Waals surface area contributed by atoms with Gasteiger partial charge in [0.1, 0.15) is 24.7 Å². The summed E-state index contributed by atoms with van der Waals surface area (Å²) in [7, 11) is 0. The molecule has 0 unspecified atom stereocenters. The van der Waals surface area contributed by atoms with E-state index in [2.05, 4.69) is 26.3 Å². The number of nitrogens with zero attached hydrogens (tertiary/aromatic N) is 1. The van der Waals surface area contributed by atoms with Crippen molar-refractivity contribution in [3.05, 3.63) is 138 Å². The molecule has 1 heterocycles. The van der Waals surface area contributed by atoms with E-state index in [1.54, 1.807) is 60.8 Å². The van der Waals surface area contributed by atoms with Crippen LogP contribution in [0.2, 0.25) is 0 Å². The standard InChI is InChI=1S/C36H37N5O6.4H2/c1-25(39-36(46)47-24-28-17-9-4-10-18-28)33(43)41-31(22-29-19-11-12-20-37-29)34(44)40-30(21-26-13-5-2-6-14-26)32(42)35(45)38-23-27-15-7-3-8-16-27;;;;/h2-20,25,30-31H,21-24H2,1H3,(H,38,45)(H,39,46)(H,40,44)(H,41,43);4*1H/t25-,30-,31-;;;;/m0..../s1. The minimum atomic E-state index is -1.23. The average Bonchev–Trinajstić information content (AvgIpc) is 3.10. The molecular weight excluding hydrogens is 598 g/mol. The number of Topliss-reactive ketones (excluding diaryl/α,β-unsaturated/α-hetero) is 1. The van der Waals surface area contributed by atoms with Crippen LogP contribution in [-0.2, 0) is 49.9 Å². The van der Waals surface area contributed by atoms with Crippen molar-refractivity contribution in [3.63, 3.8) is 0 Å². The minimum Gasteiger partial charge on any atom is -0.445 e. The Hall–Kier alpha value is -5.84. The molecular formula is C36H45N5O6. The van der Waals surface area contributed by atoms with E-state index in [1.807, 2.05) is 54.6 Å². The number of benzene rings is 3. The SMILES string of the molecule is C[C@H](NC(=O)OCc1ccccc1)C(=O)N[C@@H](Cc1ccccn1)C(=O)N[C@@H](Cc1ccccc1)C(=O)C(=O)NCc1ccccc1.[HH].[HH].[HH].[HH]. The first kappa shape index (κ1) is 34.0. The first-order valence-electron chi connectivity index (χ1n) is 15.2. The van der Waals surface area contributed by atoms with Crippen molar-refractivity contribution in [2.45, 2.75) is 51.0 Å². The third-order valence-electron chi connectivity index (χ3n) is 7.15. The third-order valence-corrected chi connectivity index (χ3v) is 7.15. The number of rotatable bonds is 15. The van der Waals surface area contributed by atoms with Gasteiger partial charge in [-0.3, -0.25) is 24.2 Å². The smallest absolute Gasteiger partial charge is 0.408 e. The Morgan fingerprint density at radius 2 is 1.23 bits per heavy atom. The Labute approximate surface area is 279 Å². The van der Waals surface area contributed by atoms with Gasteiger partial charge in [0.2, 0.25) is 17.6 Å². The Bertz CT molecular complexity index is 1640. The summed E-state index contributed by atoms with van der Waals surface area (Å²) in [5.74, 6) is -3.05. The summed E-state index contributed by atoms with van der Waals surface area (Å²) in [4.78, 5) is 69.9. The molecule has 3 aromatic carbocycles. The van der Waals surface area contributed by atoms with Crippen molar-refractivity contribution in [2.24, 2.45) is 0 Å². The normalized spacial score (nSPS) is 12.4. The van der Waals surface area contributed by atoms with E-state index < -0.39 is 47.7 Å². The molecule has 250 valence electrons. The van der Waals surface area contributed by atoms with Crippen LogP contribution in [0.25, 0.3) is 0 Å². The van der Waals surface area contributed by atoms with E-state index in [9.17, 15) is 24.0 Å². The maximum atomic E-state index is 13.7. The Kier molecular flexibility index (Phi) is 12.7. The van der Waals surface area contributed by atoms with Crippen LogP contribution in [0.1, 0.15) is 35.0 Å². The number of amides is 4. The van der Waals surface area contributed by atoms with Gasteiger partial charge in [0.25, 0.3) is 5.91 Å². The van der Waals surface area contributed by atoms with E-state index in [4.69, 9.17) is 4.74 Å². The fourth-order valence-corrected chi connectivity index (χ4v) is 4.60. The first-order valence-corrected chi connectivity index (χ1v) is 15.2. The summed E-state index contributed by atoms with van der Waals surface area (Å²) in [5, 5.41) is 10.4. The number of alkyl carbamates (subject to hydrolysis) is 1. The van der Waals surface area contributed by atoms with Crippen LogP contribution >= 0.6 is 0 Å². The first-order chi connectivity index (χ1) is 22.8. The lowest BCUT2D eigenvalue weighted by molar-refractivity contribution is -0.140. The number of hydrogen-bond acceptors (Lipinski definition) is 7. The molecule has 4 aromatic rings. The molecule has 4 N–H and O–H groups in total. The minimum absolute atomic E-state index is 0. The lowest BCUT2D eigenvalue weighted by Gasteiger charge is -2.24. The zero-order chi connectivity index (χ0) is 33.4. The topological polar surface area (TPSA) is 156 Å². The molecule has 11 nitrogen and oxygen atoms in total. The van der Waals surface area contributed by atoms with Crippen LogP contribution < -0.4 is 21.3 Å². The van der Waals surface area contributed by atoms with E-state index in [1.165, 1.54) is 6.92 Å². The number of ketones is 1. The summed E-state index contributed by atoms with van der Waals surface area (Å²) < 4.78 is 5.21. The van der Waals surface area contributed by atoms with Crippen LogP contribution in [0.3, 0.4) is 0 Å². The molecule has 0 saturated carbocycles. The fraction of sp³-hybridized carbons (Fsp3) is 0.222. The highest BCUT2D eigenvalue weighted by atomic mass is 16.5. The molecule has 0 fully saturated rings. The molecule has 11 heteroatoms. The van der Waals surface area contributed by atoms with Crippen LogP contribution in [0.5, 0.6) is 0 Å². The molecule has 4 rings (SSSR count). The third kappa shape index (κ3) is 11.2. The molecule has 47 heavy (non-hydrogen) atoms. The number of carbonyl (C=O) groups is 5. The van der Waals surface area contributed by atoms with Gasteiger partial charge in [-0.05, 0) is 35.7 Å². The monoisotopic (exact) mass is 643 g/mol. The highest BCUT2D eigenvalue weighted by Gasteiger charge is 2.31. The second-order valence-electron chi connectivity index (χ2n) is 10.8. The number of ether oxygens (including phenoxy) is 1. The quantitative estimate of drug-likeness (QED) is 0.143. The molecule has 4 amide bonds. The molecule has 0 spiro atoms.